The van der Waals surface area contributed by atoms with Gasteiger partial charge in [-0.15, -0.1) is 0 Å². The highest BCUT2D eigenvalue weighted by atomic mass is 15.1. The quantitative estimate of drug-likeness (QED) is 0.850. The van der Waals surface area contributed by atoms with Crippen LogP contribution < -0.4 is 5.73 Å². The molecule has 0 bridgehead atoms. The van der Waals surface area contributed by atoms with Gasteiger partial charge in [-0.1, -0.05) is 48.5 Å². The number of nitrogen functional groups attached to an aromatic ring is 1. The molecule has 98 valence electrons. The van der Waals surface area contributed by atoms with Crippen molar-refractivity contribution in [2.24, 2.45) is 0 Å². The van der Waals surface area contributed by atoms with Crippen LogP contribution in [0.15, 0.2) is 54.6 Å². The molecule has 1 fully saturated rings. The lowest BCUT2D eigenvalue weighted by Crippen LogP contribution is -2.19. The molecule has 2 aromatic carbocycles. The summed E-state index contributed by atoms with van der Waals surface area (Å²) in [5.41, 5.74) is 9.73. The number of nitrogens with two attached hydrogens (primary N) is 1. The van der Waals surface area contributed by atoms with Crippen molar-refractivity contribution < 1.29 is 0 Å². The average molecular weight is 252 g/mol. The van der Waals surface area contributed by atoms with Gasteiger partial charge in [0.15, 0.2) is 0 Å². The molecule has 1 saturated heterocycles. The van der Waals surface area contributed by atoms with Gasteiger partial charge in [0.1, 0.15) is 0 Å². The van der Waals surface area contributed by atoms with Crippen LogP contribution in [-0.2, 0) is 6.54 Å². The SMILES string of the molecule is Nc1ccccc1[C@@H]1CCN(Cc2ccccc2)C1. The van der Waals surface area contributed by atoms with Gasteiger partial charge in [0.25, 0.3) is 0 Å². The molecular formula is C17H20N2. The zero-order chi connectivity index (χ0) is 13.1. The smallest absolute Gasteiger partial charge is 0.0349 e. The lowest BCUT2D eigenvalue weighted by atomic mass is 9.97. The Balaban J connectivity index is 1.66. The third-order valence-electron chi connectivity index (χ3n) is 3.96. The van der Waals surface area contributed by atoms with Crippen molar-refractivity contribution in [3.63, 3.8) is 0 Å². The number of hydrogen-bond donors (Lipinski definition) is 1. The van der Waals surface area contributed by atoms with Crippen molar-refractivity contribution in [2.45, 2.75) is 18.9 Å². The van der Waals surface area contributed by atoms with Crippen molar-refractivity contribution in [1.29, 1.82) is 0 Å². The summed E-state index contributed by atoms with van der Waals surface area (Å²) in [5, 5.41) is 0. The van der Waals surface area contributed by atoms with Gasteiger partial charge in [-0.3, -0.25) is 4.90 Å². The van der Waals surface area contributed by atoms with Gasteiger partial charge in [-0.25, -0.2) is 0 Å². The molecule has 1 heterocycles. The number of hydrogen-bond acceptors (Lipinski definition) is 2. The molecular weight excluding hydrogens is 232 g/mol. The summed E-state index contributed by atoms with van der Waals surface area (Å²) in [6.07, 6.45) is 1.21. The Kier molecular flexibility index (Phi) is 3.51. The number of rotatable bonds is 3. The van der Waals surface area contributed by atoms with Crippen molar-refractivity contribution in [3.8, 4) is 0 Å². The van der Waals surface area contributed by atoms with Crippen LogP contribution in [0.2, 0.25) is 0 Å². The first-order chi connectivity index (χ1) is 9.33. The van der Waals surface area contributed by atoms with E-state index in [2.05, 4.69) is 47.4 Å². The average Bonchev–Trinajstić information content (AvgIpc) is 2.89. The normalized spacial score (nSPS) is 19.7. The summed E-state index contributed by atoms with van der Waals surface area (Å²) in [7, 11) is 0. The maximum Gasteiger partial charge on any atom is 0.0349 e. The second-order valence-electron chi connectivity index (χ2n) is 5.34. The lowest BCUT2D eigenvalue weighted by molar-refractivity contribution is 0.327. The summed E-state index contributed by atoms with van der Waals surface area (Å²) in [5.74, 6) is 0.588. The van der Waals surface area contributed by atoms with Crippen LogP contribution in [0.3, 0.4) is 0 Å². The molecule has 2 N–H and O–H groups in total. The fourth-order valence-corrected chi connectivity index (χ4v) is 2.95. The summed E-state index contributed by atoms with van der Waals surface area (Å²) in [4.78, 5) is 2.52. The predicted molar refractivity (Wildman–Crippen MR) is 79.9 cm³/mol. The van der Waals surface area contributed by atoms with E-state index in [0.29, 0.717) is 5.92 Å². The molecule has 19 heavy (non-hydrogen) atoms. The van der Waals surface area contributed by atoms with Crippen LogP contribution in [-0.4, -0.2) is 18.0 Å². The largest absolute Gasteiger partial charge is 0.398 e. The number of benzene rings is 2. The minimum absolute atomic E-state index is 0.588. The van der Waals surface area contributed by atoms with Gasteiger partial charge in [0.05, 0.1) is 0 Å². The Labute approximate surface area is 114 Å². The molecule has 0 saturated carbocycles. The van der Waals surface area contributed by atoms with E-state index in [9.17, 15) is 0 Å². The van der Waals surface area contributed by atoms with Gasteiger partial charge in [0, 0.05) is 18.8 Å². The van der Waals surface area contributed by atoms with Crippen LogP contribution in [0, 0.1) is 0 Å². The molecule has 2 heteroatoms. The Bertz CT molecular complexity index is 536. The Morgan fingerprint density at radius 1 is 1.00 bits per heavy atom. The van der Waals surface area contributed by atoms with E-state index in [1.165, 1.54) is 17.5 Å². The highest BCUT2D eigenvalue weighted by Gasteiger charge is 2.24. The highest BCUT2D eigenvalue weighted by molar-refractivity contribution is 5.48. The fourth-order valence-electron chi connectivity index (χ4n) is 2.95. The number of nitrogens with zero attached hydrogens (tertiary/aromatic N) is 1. The molecule has 0 spiro atoms. The highest BCUT2D eigenvalue weighted by Crippen LogP contribution is 2.31. The maximum atomic E-state index is 6.08. The summed E-state index contributed by atoms with van der Waals surface area (Å²) < 4.78 is 0. The third-order valence-corrected chi connectivity index (χ3v) is 3.96. The Morgan fingerprint density at radius 2 is 1.74 bits per heavy atom. The standard InChI is InChI=1S/C17H20N2/c18-17-9-5-4-8-16(17)15-10-11-19(13-15)12-14-6-2-1-3-7-14/h1-9,15H,10-13,18H2/t15-/m1/s1. The first-order valence-corrected chi connectivity index (χ1v) is 6.93. The molecule has 3 rings (SSSR count). The van der Waals surface area contributed by atoms with E-state index in [1.54, 1.807) is 0 Å². The second-order valence-corrected chi connectivity index (χ2v) is 5.34. The minimum atomic E-state index is 0.588. The first kappa shape index (κ1) is 12.2. The molecule has 1 atom stereocenters. The lowest BCUT2D eigenvalue weighted by Gasteiger charge is -2.17. The topological polar surface area (TPSA) is 29.3 Å². The number of anilines is 1. The van der Waals surface area contributed by atoms with E-state index in [0.717, 1.165) is 25.3 Å². The molecule has 0 aliphatic carbocycles. The zero-order valence-electron chi connectivity index (χ0n) is 11.1. The van der Waals surface area contributed by atoms with E-state index >= 15 is 0 Å². The van der Waals surface area contributed by atoms with Crippen molar-refractivity contribution in [2.75, 3.05) is 18.8 Å². The summed E-state index contributed by atoms with van der Waals surface area (Å²) in [6.45, 7) is 3.32. The minimum Gasteiger partial charge on any atom is -0.398 e. The van der Waals surface area contributed by atoms with Crippen molar-refractivity contribution in [3.05, 3.63) is 65.7 Å². The molecule has 0 unspecified atom stereocenters. The van der Waals surface area contributed by atoms with E-state index in [1.807, 2.05) is 12.1 Å². The second kappa shape index (κ2) is 5.45. The van der Waals surface area contributed by atoms with Crippen molar-refractivity contribution in [1.82, 2.24) is 4.90 Å². The number of likely N-dealkylation sites (tertiary alicyclic amines) is 1. The third kappa shape index (κ3) is 2.79. The van der Waals surface area contributed by atoms with E-state index < -0.39 is 0 Å². The van der Waals surface area contributed by atoms with Crippen LogP contribution in [0.25, 0.3) is 0 Å². The molecule has 2 nitrogen and oxygen atoms in total. The Hall–Kier alpha value is -1.80. The fraction of sp³-hybridized carbons (Fsp3) is 0.294. The van der Waals surface area contributed by atoms with Gasteiger partial charge in [-0.2, -0.15) is 0 Å². The van der Waals surface area contributed by atoms with Gasteiger partial charge >= 0.3 is 0 Å². The summed E-state index contributed by atoms with van der Waals surface area (Å²) in [6, 6.07) is 19.0. The van der Waals surface area contributed by atoms with Crippen molar-refractivity contribution >= 4 is 5.69 Å². The predicted octanol–water partition coefficient (Wildman–Crippen LogP) is 3.26. The van der Waals surface area contributed by atoms with Gasteiger partial charge < -0.3 is 5.73 Å². The Morgan fingerprint density at radius 3 is 2.53 bits per heavy atom. The number of para-hydroxylation sites is 1. The van der Waals surface area contributed by atoms with Crippen LogP contribution in [0.5, 0.6) is 0 Å². The molecule has 1 aliphatic rings. The molecule has 2 aromatic rings. The van der Waals surface area contributed by atoms with Gasteiger partial charge in [-0.05, 0) is 36.1 Å². The molecule has 1 aliphatic heterocycles. The molecule has 0 radical (unpaired) electrons. The maximum absolute atomic E-state index is 6.08. The van der Waals surface area contributed by atoms with Crippen LogP contribution in [0.1, 0.15) is 23.5 Å². The molecule has 0 aromatic heterocycles. The first-order valence-electron chi connectivity index (χ1n) is 6.93. The van der Waals surface area contributed by atoms with Crippen LogP contribution in [0.4, 0.5) is 5.69 Å². The van der Waals surface area contributed by atoms with Gasteiger partial charge in [0.2, 0.25) is 0 Å². The molecule has 0 amide bonds. The van der Waals surface area contributed by atoms with Crippen LogP contribution >= 0.6 is 0 Å². The zero-order valence-corrected chi connectivity index (χ0v) is 11.1. The van der Waals surface area contributed by atoms with E-state index in [4.69, 9.17) is 5.73 Å². The monoisotopic (exact) mass is 252 g/mol. The van der Waals surface area contributed by atoms with E-state index in [-0.39, 0.29) is 0 Å². The summed E-state index contributed by atoms with van der Waals surface area (Å²) >= 11 is 0.